The lowest BCUT2D eigenvalue weighted by atomic mass is 11.0. The quantitative estimate of drug-likeness (QED) is 0.592. The molecule has 0 aliphatic carbocycles. The first-order valence-electron chi connectivity index (χ1n) is 1.99. The molecule has 0 aromatic heterocycles. The van der Waals surface area contributed by atoms with Crippen LogP contribution in [0.3, 0.4) is 0 Å². The van der Waals surface area contributed by atoms with E-state index in [2.05, 4.69) is 13.8 Å². The molecule has 0 aromatic carbocycles. The van der Waals surface area contributed by atoms with Crippen molar-refractivity contribution in [3.63, 3.8) is 0 Å². The Balaban J connectivity index is -0.0000000800. The lowest BCUT2D eigenvalue weighted by molar-refractivity contribution is 1.46. The second-order valence-corrected chi connectivity index (χ2v) is 2.34. The summed E-state index contributed by atoms with van der Waals surface area (Å²) in [6, 6.07) is 0. The van der Waals surface area contributed by atoms with Gasteiger partial charge in [0, 0.05) is 0 Å². The maximum Gasteiger partial charge on any atom is -0.00961 e. The Kier molecular flexibility index (Phi) is 36.5. The fraction of sp³-hybridized carbons (Fsp3) is 1.00. The summed E-state index contributed by atoms with van der Waals surface area (Å²) in [5.74, 6) is 2.52. The molecule has 0 bridgehead atoms. The van der Waals surface area contributed by atoms with Crippen molar-refractivity contribution >= 4 is 11.8 Å². The lowest BCUT2D eigenvalue weighted by Crippen LogP contribution is -1.64. The molecule has 0 rings (SSSR count). The first-order valence-corrected chi connectivity index (χ1v) is 3.15. The van der Waals surface area contributed by atoms with Crippen LogP contribution in [0.25, 0.3) is 0 Å². The number of hydrogen-bond donors (Lipinski definition) is 2. The molecule has 3 heteroatoms. The zero-order chi connectivity index (χ0) is 4.12. The van der Waals surface area contributed by atoms with Crippen molar-refractivity contribution in [2.75, 3.05) is 11.5 Å². The van der Waals surface area contributed by atoms with Crippen LogP contribution in [-0.4, -0.2) is 11.5 Å². The summed E-state index contributed by atoms with van der Waals surface area (Å²) in [6.45, 7) is 4.35. The Morgan fingerprint density at radius 2 is 1.29 bits per heavy atom. The number of thioether (sulfide) groups is 1. The van der Waals surface area contributed by atoms with E-state index >= 15 is 0 Å². The van der Waals surface area contributed by atoms with Gasteiger partial charge in [-0.2, -0.15) is 11.8 Å². The van der Waals surface area contributed by atoms with Gasteiger partial charge >= 0.3 is 0 Å². The Morgan fingerprint density at radius 3 is 1.29 bits per heavy atom. The fourth-order valence-corrected chi connectivity index (χ4v) is 0.612. The fourth-order valence-electron chi connectivity index (χ4n) is 0.204. The summed E-state index contributed by atoms with van der Waals surface area (Å²) in [5, 5.41) is 0. The Bertz CT molecular complexity index is 17.2. The van der Waals surface area contributed by atoms with Gasteiger partial charge in [-0.15, -0.1) is 0 Å². The maximum atomic E-state index is 2.17. The smallest absolute Gasteiger partial charge is 0.00961 e. The van der Waals surface area contributed by atoms with Gasteiger partial charge in [0.25, 0.3) is 0 Å². The van der Waals surface area contributed by atoms with Gasteiger partial charge in [0.1, 0.15) is 0 Å². The van der Waals surface area contributed by atoms with Gasteiger partial charge in [-0.05, 0) is 11.5 Å². The zero-order valence-corrected chi connectivity index (χ0v) is 6.05. The number of rotatable bonds is 2. The van der Waals surface area contributed by atoms with E-state index in [4.69, 9.17) is 0 Å². The molecule has 0 amide bonds. The van der Waals surface area contributed by atoms with Crippen molar-refractivity contribution in [1.29, 1.82) is 0 Å². The molecule has 0 unspecified atom stereocenters. The molecule has 0 fully saturated rings. The van der Waals surface area contributed by atoms with Crippen LogP contribution in [-0.2, 0) is 0 Å². The first kappa shape index (κ1) is 15.7. The molecule has 0 atom stereocenters. The third-order valence-corrected chi connectivity index (χ3v) is 1.22. The maximum absolute atomic E-state index is 2.17. The molecular formula is C4H16N2S. The minimum absolute atomic E-state index is 0. The molecule has 0 heterocycles. The average Bonchev–Trinajstić information content (AvgIpc) is 1.41. The summed E-state index contributed by atoms with van der Waals surface area (Å²) in [6.07, 6.45) is 0. The van der Waals surface area contributed by atoms with E-state index in [1.165, 1.54) is 11.5 Å². The van der Waals surface area contributed by atoms with Gasteiger partial charge in [-0.1, -0.05) is 13.8 Å². The zero-order valence-electron chi connectivity index (χ0n) is 5.24. The predicted octanol–water partition coefficient (Wildman–Crippen LogP) is 2.08. The molecule has 48 valence electrons. The van der Waals surface area contributed by atoms with Crippen LogP contribution in [0.4, 0.5) is 0 Å². The largest absolute Gasteiger partial charge is 0.344 e. The molecule has 6 N–H and O–H groups in total. The molecule has 2 nitrogen and oxygen atoms in total. The van der Waals surface area contributed by atoms with Crippen molar-refractivity contribution in [2.45, 2.75) is 13.8 Å². The van der Waals surface area contributed by atoms with Crippen LogP contribution >= 0.6 is 11.8 Å². The van der Waals surface area contributed by atoms with E-state index in [1.54, 1.807) is 0 Å². The highest BCUT2D eigenvalue weighted by Crippen LogP contribution is 1.93. The van der Waals surface area contributed by atoms with Crippen molar-refractivity contribution in [1.82, 2.24) is 12.3 Å². The molecule has 0 aromatic rings. The molecule has 0 saturated carbocycles. The Morgan fingerprint density at radius 1 is 1.00 bits per heavy atom. The van der Waals surface area contributed by atoms with Crippen LogP contribution in [0.5, 0.6) is 0 Å². The molecule has 0 aliphatic heterocycles. The molecule has 7 heavy (non-hydrogen) atoms. The third kappa shape index (κ3) is 22.2. The van der Waals surface area contributed by atoms with Crippen LogP contribution < -0.4 is 12.3 Å². The highest BCUT2D eigenvalue weighted by Gasteiger charge is 1.67. The van der Waals surface area contributed by atoms with Gasteiger partial charge < -0.3 is 12.3 Å². The third-order valence-electron chi connectivity index (χ3n) is 0.408. The summed E-state index contributed by atoms with van der Waals surface area (Å²) < 4.78 is 0. The lowest BCUT2D eigenvalue weighted by Gasteiger charge is -1.80. The van der Waals surface area contributed by atoms with E-state index in [-0.39, 0.29) is 12.3 Å². The minimum atomic E-state index is 0. The van der Waals surface area contributed by atoms with E-state index in [9.17, 15) is 0 Å². The normalized spacial score (nSPS) is 6.00. The molecule has 0 radical (unpaired) electrons. The molecular weight excluding hydrogens is 108 g/mol. The second kappa shape index (κ2) is 16.3. The monoisotopic (exact) mass is 124 g/mol. The van der Waals surface area contributed by atoms with Gasteiger partial charge in [-0.3, -0.25) is 0 Å². The van der Waals surface area contributed by atoms with Crippen molar-refractivity contribution in [2.24, 2.45) is 0 Å². The Labute approximate surface area is 50.2 Å². The highest BCUT2D eigenvalue weighted by molar-refractivity contribution is 7.99. The molecule has 0 spiro atoms. The summed E-state index contributed by atoms with van der Waals surface area (Å²) in [7, 11) is 0. The van der Waals surface area contributed by atoms with Gasteiger partial charge in [0.15, 0.2) is 0 Å². The van der Waals surface area contributed by atoms with Crippen molar-refractivity contribution in [3.8, 4) is 0 Å². The van der Waals surface area contributed by atoms with Crippen LogP contribution in [0, 0.1) is 0 Å². The van der Waals surface area contributed by atoms with Crippen molar-refractivity contribution in [3.05, 3.63) is 0 Å². The standard InChI is InChI=1S/C4H10S.2H3N/c1-3-5-4-2;;/h3-4H2,1-2H3;2*1H3. The van der Waals surface area contributed by atoms with Gasteiger partial charge in [0.05, 0.1) is 0 Å². The Hall–Kier alpha value is 0.270. The second-order valence-electron chi connectivity index (χ2n) is 0.781. The van der Waals surface area contributed by atoms with Crippen LogP contribution in [0.1, 0.15) is 13.8 Å². The van der Waals surface area contributed by atoms with E-state index in [1.807, 2.05) is 11.8 Å². The SMILES string of the molecule is CCSCC.N.N. The van der Waals surface area contributed by atoms with E-state index < -0.39 is 0 Å². The molecule has 0 aliphatic rings. The highest BCUT2D eigenvalue weighted by atomic mass is 32.2. The molecule has 0 saturated heterocycles. The predicted molar refractivity (Wildman–Crippen MR) is 38.7 cm³/mol. The van der Waals surface area contributed by atoms with Gasteiger partial charge in [-0.25, -0.2) is 0 Å². The van der Waals surface area contributed by atoms with Crippen LogP contribution in [0.2, 0.25) is 0 Å². The topological polar surface area (TPSA) is 70.0 Å². The summed E-state index contributed by atoms with van der Waals surface area (Å²) >= 11 is 1.96. The van der Waals surface area contributed by atoms with Crippen molar-refractivity contribution < 1.29 is 0 Å². The summed E-state index contributed by atoms with van der Waals surface area (Å²) in [5.41, 5.74) is 0. The average molecular weight is 124 g/mol. The summed E-state index contributed by atoms with van der Waals surface area (Å²) in [4.78, 5) is 0. The first-order chi connectivity index (χ1) is 2.41. The van der Waals surface area contributed by atoms with Crippen LogP contribution in [0.15, 0.2) is 0 Å². The number of hydrogen-bond acceptors (Lipinski definition) is 3. The van der Waals surface area contributed by atoms with Gasteiger partial charge in [0.2, 0.25) is 0 Å². The van der Waals surface area contributed by atoms with E-state index in [0.29, 0.717) is 0 Å². The van der Waals surface area contributed by atoms with E-state index in [0.717, 1.165) is 0 Å². The minimum Gasteiger partial charge on any atom is -0.344 e.